The summed E-state index contributed by atoms with van der Waals surface area (Å²) in [7, 11) is 0.330. The quantitative estimate of drug-likeness (QED) is 0.452. The second-order valence-corrected chi connectivity index (χ2v) is 12.3. The molecule has 2 bridgehead atoms. The first-order chi connectivity index (χ1) is 12.0. The predicted octanol–water partition coefficient (Wildman–Crippen LogP) is 2.49. The van der Waals surface area contributed by atoms with Crippen LogP contribution in [-0.2, 0) is 32.1 Å². The Balaban J connectivity index is 1.85. The molecule has 0 spiro atoms. The van der Waals surface area contributed by atoms with Crippen molar-refractivity contribution in [2.45, 2.75) is 57.3 Å². The topological polar surface area (TPSA) is 72.5 Å². The van der Waals surface area contributed by atoms with E-state index in [1.165, 1.54) is 6.66 Å². The minimum absolute atomic E-state index is 0.0542. The van der Waals surface area contributed by atoms with E-state index in [4.69, 9.17) is 35.4 Å². The van der Waals surface area contributed by atoms with Crippen LogP contribution in [0.15, 0.2) is 0 Å². The molecular formula is C16H29BO7P2. The van der Waals surface area contributed by atoms with Gasteiger partial charge in [-0.1, -0.05) is 20.1 Å². The van der Waals surface area contributed by atoms with Gasteiger partial charge in [0.1, 0.15) is 21.3 Å². The minimum Gasteiger partial charge on any atom is -0.379 e. The summed E-state index contributed by atoms with van der Waals surface area (Å²) >= 11 is 0. The van der Waals surface area contributed by atoms with Crippen molar-refractivity contribution >= 4 is 29.1 Å². The van der Waals surface area contributed by atoms with E-state index in [0.29, 0.717) is 0 Å². The van der Waals surface area contributed by atoms with E-state index >= 15 is 0 Å². The van der Waals surface area contributed by atoms with Gasteiger partial charge in [-0.15, -0.1) is 0 Å². The molecular weight excluding hydrogens is 377 g/mol. The molecule has 3 fully saturated rings. The molecule has 0 aliphatic carbocycles. The molecule has 0 aromatic carbocycles. The van der Waals surface area contributed by atoms with Gasteiger partial charge in [0.25, 0.3) is 0 Å². The zero-order valence-electron chi connectivity index (χ0n) is 16.1. The minimum atomic E-state index is -3.32. The third kappa shape index (κ3) is 4.50. The lowest BCUT2D eigenvalue weighted by molar-refractivity contribution is -0.0166. The smallest absolute Gasteiger partial charge is 0.328 e. The number of rotatable bonds is 0. The van der Waals surface area contributed by atoms with Crippen LogP contribution in [-0.4, -0.2) is 77.2 Å². The number of hydrogen-bond acceptors (Lipinski definition) is 7. The molecule has 2 radical (unpaired) electrons. The van der Waals surface area contributed by atoms with Gasteiger partial charge in [-0.05, 0) is 6.92 Å². The molecule has 26 heavy (non-hydrogen) atoms. The van der Waals surface area contributed by atoms with E-state index in [2.05, 4.69) is 6.30 Å². The van der Waals surface area contributed by atoms with Gasteiger partial charge in [0.2, 0.25) is 0 Å². The normalized spacial score (nSPS) is 56.2. The Morgan fingerprint density at radius 2 is 1.58 bits per heavy atom. The van der Waals surface area contributed by atoms with Gasteiger partial charge in [0.05, 0.1) is 37.6 Å². The maximum absolute atomic E-state index is 12.9. The first-order valence-corrected chi connectivity index (χ1v) is 13.2. The highest BCUT2D eigenvalue weighted by atomic mass is 31.2. The molecule has 3 rings (SSSR count). The van der Waals surface area contributed by atoms with Crippen molar-refractivity contribution in [2.24, 2.45) is 11.8 Å². The van der Waals surface area contributed by atoms with Gasteiger partial charge in [-0.25, -0.2) is 0 Å². The number of fused-ring (bicyclic) bond motifs is 3. The van der Waals surface area contributed by atoms with Crippen LogP contribution in [0, 0.1) is 11.8 Å². The average molecular weight is 406 g/mol. The van der Waals surface area contributed by atoms with Crippen molar-refractivity contribution in [3.8, 4) is 0 Å². The Morgan fingerprint density at radius 3 is 2.27 bits per heavy atom. The second-order valence-electron chi connectivity index (χ2n) is 7.75. The van der Waals surface area contributed by atoms with Gasteiger partial charge >= 0.3 is 7.60 Å². The lowest BCUT2D eigenvalue weighted by Gasteiger charge is -2.30. The van der Waals surface area contributed by atoms with E-state index in [1.54, 1.807) is 0 Å². The number of hydrogen-bond donors (Lipinski definition) is 0. The molecule has 3 aliphatic heterocycles. The van der Waals surface area contributed by atoms with Crippen molar-refractivity contribution in [1.29, 1.82) is 0 Å². The summed E-state index contributed by atoms with van der Waals surface area (Å²) in [4.78, 5) is 0. The molecule has 0 aromatic heterocycles. The zero-order chi connectivity index (χ0) is 19.3. The van der Waals surface area contributed by atoms with Gasteiger partial charge in [0.15, 0.2) is 0 Å². The molecule has 148 valence electrons. The molecule has 2 unspecified atom stereocenters. The first kappa shape index (κ1) is 21.1. The standard InChI is InChI=1S/C16H29BO7P2/c1-9-12-7-20-26(6,18)24-15-10(2)16(17)22-13(15)8-19-25(4,5)23-14(9)11(3)21-12/h9-16H,4,7-8H2,1-3,5-6H3/t9-,10-,11+,12-,13-,14-,15+,16-,25?,26?/m1/s1. The van der Waals surface area contributed by atoms with Gasteiger partial charge in [0, 0.05) is 31.2 Å². The highest BCUT2D eigenvalue weighted by molar-refractivity contribution is 7.63. The maximum Gasteiger partial charge on any atom is 0.328 e. The molecule has 0 aromatic rings. The van der Waals surface area contributed by atoms with Gasteiger partial charge < -0.3 is 27.6 Å². The van der Waals surface area contributed by atoms with E-state index in [-0.39, 0.29) is 43.4 Å². The molecule has 0 saturated carbocycles. The molecule has 0 amide bonds. The third-order valence-corrected chi connectivity index (χ3v) is 7.96. The van der Waals surface area contributed by atoms with Crippen LogP contribution < -0.4 is 0 Å². The van der Waals surface area contributed by atoms with Crippen LogP contribution in [0.5, 0.6) is 0 Å². The fourth-order valence-electron chi connectivity index (χ4n) is 3.70. The maximum atomic E-state index is 12.9. The zero-order valence-corrected chi connectivity index (χ0v) is 17.9. The Labute approximate surface area is 157 Å². The Kier molecular flexibility index (Phi) is 6.20. The third-order valence-electron chi connectivity index (χ3n) is 5.33. The SMILES string of the molecule is [B][C@@H]1O[C@@H]2COP(=C)(C)O[C@@H]3[C@H](C)[C@@H](COP(C)(=O)O[C@H]2[C@H]1C)O[C@H]3C. The predicted molar refractivity (Wildman–Crippen MR) is 102 cm³/mol. The second kappa shape index (κ2) is 7.64. The molecule has 7 nitrogen and oxygen atoms in total. The molecule has 10 atom stereocenters. The fourth-order valence-corrected chi connectivity index (χ4v) is 6.34. The van der Waals surface area contributed by atoms with Crippen molar-refractivity contribution in [2.75, 3.05) is 26.5 Å². The molecule has 0 N–H and O–H groups in total. The Hall–Kier alpha value is 0.355. The monoisotopic (exact) mass is 406 g/mol. The van der Waals surface area contributed by atoms with E-state index in [9.17, 15) is 4.57 Å². The summed E-state index contributed by atoms with van der Waals surface area (Å²) in [5.74, 6) is -0.0916. The van der Waals surface area contributed by atoms with Crippen LogP contribution >= 0.6 is 14.9 Å². The van der Waals surface area contributed by atoms with Crippen molar-refractivity contribution < 1.29 is 32.1 Å². The molecule has 10 heteroatoms. The summed E-state index contributed by atoms with van der Waals surface area (Å²) in [6, 6.07) is -0.517. The lowest BCUT2D eigenvalue weighted by atomic mass is 9.86. The van der Waals surface area contributed by atoms with Gasteiger partial charge in [-0.3, -0.25) is 4.57 Å². The van der Waals surface area contributed by atoms with Crippen molar-refractivity contribution in [3.05, 3.63) is 0 Å². The highest BCUT2D eigenvalue weighted by Gasteiger charge is 2.46. The van der Waals surface area contributed by atoms with Crippen LogP contribution in [0.3, 0.4) is 0 Å². The van der Waals surface area contributed by atoms with E-state index in [1.807, 2.05) is 27.4 Å². The highest BCUT2D eigenvalue weighted by Crippen LogP contribution is 2.53. The first-order valence-electron chi connectivity index (χ1n) is 9.00. The summed E-state index contributed by atoms with van der Waals surface area (Å²) in [5.41, 5.74) is 0. The van der Waals surface area contributed by atoms with Crippen LogP contribution in [0.2, 0.25) is 0 Å². The van der Waals surface area contributed by atoms with Crippen molar-refractivity contribution in [3.63, 3.8) is 0 Å². The van der Waals surface area contributed by atoms with Crippen molar-refractivity contribution in [1.82, 2.24) is 0 Å². The summed E-state index contributed by atoms with van der Waals surface area (Å²) < 4.78 is 48.3. The molecule has 3 saturated heterocycles. The van der Waals surface area contributed by atoms with Crippen LogP contribution in [0.4, 0.5) is 0 Å². The van der Waals surface area contributed by atoms with Crippen LogP contribution in [0.25, 0.3) is 0 Å². The lowest BCUT2D eigenvalue weighted by Crippen LogP contribution is -2.32. The van der Waals surface area contributed by atoms with E-state index in [0.717, 1.165) is 0 Å². The van der Waals surface area contributed by atoms with E-state index < -0.39 is 33.1 Å². The largest absolute Gasteiger partial charge is 0.379 e. The fraction of sp³-hybridized carbons (Fsp3) is 0.938. The molecule has 3 heterocycles. The Morgan fingerprint density at radius 1 is 0.923 bits per heavy atom. The average Bonchev–Trinajstić information content (AvgIpc) is 2.95. The molecule has 3 aliphatic rings. The van der Waals surface area contributed by atoms with Gasteiger partial charge in [-0.2, -0.15) is 0 Å². The Bertz CT molecular complexity index is 617. The summed E-state index contributed by atoms with van der Waals surface area (Å²) in [6.45, 7) is 9.60. The summed E-state index contributed by atoms with van der Waals surface area (Å²) in [6.07, 6.45) is 2.67. The number of ether oxygens (including phenoxy) is 2. The van der Waals surface area contributed by atoms with Crippen LogP contribution in [0.1, 0.15) is 20.8 Å². The summed E-state index contributed by atoms with van der Waals surface area (Å²) in [5, 5.41) is 0.